The Morgan fingerprint density at radius 2 is 1.68 bits per heavy atom. The maximum absolute atomic E-state index is 13.3. The second kappa shape index (κ2) is 11.8. The van der Waals surface area contributed by atoms with Gasteiger partial charge in [0.2, 0.25) is 5.91 Å². The van der Waals surface area contributed by atoms with Gasteiger partial charge >= 0.3 is 0 Å². The van der Waals surface area contributed by atoms with Crippen LogP contribution in [0.25, 0.3) is 0 Å². The van der Waals surface area contributed by atoms with E-state index in [0.717, 1.165) is 17.0 Å². The second-order valence-corrected chi connectivity index (χ2v) is 9.70. The molecule has 0 aliphatic heterocycles. The van der Waals surface area contributed by atoms with Crippen LogP contribution in [-0.4, -0.2) is 41.5 Å². The number of aromatic nitrogens is 1. The van der Waals surface area contributed by atoms with Crippen molar-refractivity contribution < 1.29 is 9.53 Å². The normalized spacial score (nSPS) is 12.6. The summed E-state index contributed by atoms with van der Waals surface area (Å²) in [6.45, 7) is 9.56. The Balaban J connectivity index is 1.63. The lowest BCUT2D eigenvalue weighted by molar-refractivity contribution is -0.126. The molecule has 1 amide bonds. The van der Waals surface area contributed by atoms with Crippen LogP contribution in [0.15, 0.2) is 79.0 Å². The molecule has 2 aromatic carbocycles. The van der Waals surface area contributed by atoms with Gasteiger partial charge in [-0.3, -0.25) is 14.7 Å². The minimum atomic E-state index is -0.258. The maximum atomic E-state index is 13.3. The van der Waals surface area contributed by atoms with Gasteiger partial charge in [0, 0.05) is 24.2 Å². The van der Waals surface area contributed by atoms with Crippen molar-refractivity contribution in [2.75, 3.05) is 13.6 Å². The molecule has 0 radical (unpaired) electrons. The number of nitrogens with zero attached hydrogens (tertiary/aromatic N) is 2. The van der Waals surface area contributed by atoms with Crippen molar-refractivity contribution in [1.29, 1.82) is 0 Å². The fraction of sp³-hybridized carbons (Fsp3) is 0.379. The van der Waals surface area contributed by atoms with Gasteiger partial charge in [0.25, 0.3) is 0 Å². The molecule has 0 spiro atoms. The first-order valence-electron chi connectivity index (χ1n) is 11.9. The van der Waals surface area contributed by atoms with E-state index in [0.29, 0.717) is 19.6 Å². The van der Waals surface area contributed by atoms with E-state index in [2.05, 4.69) is 55.0 Å². The molecule has 34 heavy (non-hydrogen) atoms. The van der Waals surface area contributed by atoms with E-state index in [1.807, 2.05) is 67.7 Å². The van der Waals surface area contributed by atoms with Crippen LogP contribution < -0.4 is 10.1 Å². The van der Waals surface area contributed by atoms with E-state index in [9.17, 15) is 4.79 Å². The Morgan fingerprint density at radius 1 is 1.00 bits per heavy atom. The van der Waals surface area contributed by atoms with Crippen LogP contribution in [0.3, 0.4) is 0 Å². The molecule has 0 saturated heterocycles. The zero-order chi connectivity index (χ0) is 24.6. The van der Waals surface area contributed by atoms with Gasteiger partial charge in [-0.15, -0.1) is 0 Å². The van der Waals surface area contributed by atoms with Crippen molar-refractivity contribution >= 4 is 5.91 Å². The number of nitrogens with one attached hydrogen (secondary N) is 1. The van der Waals surface area contributed by atoms with Crippen LogP contribution in [0, 0.1) is 0 Å². The molecule has 0 fully saturated rings. The summed E-state index contributed by atoms with van der Waals surface area (Å²) in [5.41, 5.74) is 3.05. The van der Waals surface area contributed by atoms with Crippen LogP contribution in [0.5, 0.6) is 5.75 Å². The third-order valence-electron chi connectivity index (χ3n) is 6.33. The molecule has 3 aromatic rings. The highest BCUT2D eigenvalue weighted by Crippen LogP contribution is 2.22. The minimum Gasteiger partial charge on any atom is -0.487 e. The quantitative estimate of drug-likeness (QED) is 0.438. The van der Waals surface area contributed by atoms with Gasteiger partial charge in [0.15, 0.2) is 0 Å². The summed E-state index contributed by atoms with van der Waals surface area (Å²) in [5, 5.41) is 3.22. The Kier molecular flexibility index (Phi) is 8.83. The standard InChI is InChI=1S/C29H37N3O2/c1-22(2)32(5)27(28(33)31-21-29(3,4)24-11-7-6-8-12-24)19-23-14-16-26(17-15-23)34-20-25-13-9-10-18-30-25/h6-18,22,27H,19-21H2,1-5H3,(H,31,33). The molecular weight excluding hydrogens is 422 g/mol. The van der Waals surface area contributed by atoms with Gasteiger partial charge in [-0.05, 0) is 62.7 Å². The molecule has 1 N–H and O–H groups in total. The second-order valence-electron chi connectivity index (χ2n) is 9.70. The lowest BCUT2D eigenvalue weighted by atomic mass is 9.84. The van der Waals surface area contributed by atoms with Gasteiger partial charge in [0.1, 0.15) is 12.4 Å². The van der Waals surface area contributed by atoms with Crippen molar-refractivity contribution in [3.05, 3.63) is 95.8 Å². The third kappa shape index (κ3) is 7.16. The first kappa shape index (κ1) is 25.4. The predicted octanol–water partition coefficient (Wildman–Crippen LogP) is 5.01. The molecular formula is C29H37N3O2. The summed E-state index contributed by atoms with van der Waals surface area (Å²) in [6.07, 6.45) is 2.39. The van der Waals surface area contributed by atoms with Crippen LogP contribution in [0.2, 0.25) is 0 Å². The Hall–Kier alpha value is -3.18. The number of hydrogen-bond acceptors (Lipinski definition) is 4. The van der Waals surface area contributed by atoms with E-state index in [1.54, 1.807) is 6.20 Å². The summed E-state index contributed by atoms with van der Waals surface area (Å²) in [5.74, 6) is 0.841. The third-order valence-corrected chi connectivity index (χ3v) is 6.33. The predicted molar refractivity (Wildman–Crippen MR) is 138 cm³/mol. The highest BCUT2D eigenvalue weighted by Gasteiger charge is 2.28. The van der Waals surface area contributed by atoms with Gasteiger partial charge in [-0.1, -0.05) is 62.4 Å². The maximum Gasteiger partial charge on any atom is 0.237 e. The number of ether oxygens (including phenoxy) is 1. The molecule has 1 aromatic heterocycles. The van der Waals surface area contributed by atoms with Gasteiger partial charge in [0.05, 0.1) is 11.7 Å². The highest BCUT2D eigenvalue weighted by atomic mass is 16.5. The van der Waals surface area contributed by atoms with Gasteiger partial charge in [-0.25, -0.2) is 0 Å². The average molecular weight is 460 g/mol. The molecule has 0 saturated carbocycles. The zero-order valence-corrected chi connectivity index (χ0v) is 21.0. The molecule has 5 nitrogen and oxygen atoms in total. The number of carbonyl (C=O) groups is 1. The molecule has 180 valence electrons. The van der Waals surface area contributed by atoms with E-state index in [-0.39, 0.29) is 23.4 Å². The number of rotatable bonds is 11. The van der Waals surface area contributed by atoms with E-state index in [1.165, 1.54) is 5.56 Å². The fourth-order valence-corrected chi connectivity index (χ4v) is 3.78. The number of hydrogen-bond donors (Lipinski definition) is 1. The number of amides is 1. The monoisotopic (exact) mass is 459 g/mol. The molecule has 0 aliphatic carbocycles. The Labute approximate surface area is 204 Å². The minimum absolute atomic E-state index is 0.0516. The highest BCUT2D eigenvalue weighted by molar-refractivity contribution is 5.82. The van der Waals surface area contributed by atoms with Crippen molar-refractivity contribution in [2.45, 2.75) is 58.2 Å². The first-order chi connectivity index (χ1) is 16.3. The topological polar surface area (TPSA) is 54.5 Å². The lowest BCUT2D eigenvalue weighted by Gasteiger charge is -2.32. The first-order valence-corrected chi connectivity index (χ1v) is 11.9. The van der Waals surface area contributed by atoms with Crippen LogP contribution in [-0.2, 0) is 23.2 Å². The molecule has 5 heteroatoms. The van der Waals surface area contributed by atoms with Crippen molar-refractivity contribution in [3.8, 4) is 5.75 Å². The van der Waals surface area contributed by atoms with Crippen LogP contribution in [0.4, 0.5) is 0 Å². The van der Waals surface area contributed by atoms with Crippen LogP contribution in [0.1, 0.15) is 44.5 Å². The molecule has 1 unspecified atom stereocenters. The van der Waals surface area contributed by atoms with Gasteiger partial charge in [-0.2, -0.15) is 0 Å². The number of pyridine rings is 1. The number of carbonyl (C=O) groups excluding carboxylic acids is 1. The summed E-state index contributed by atoms with van der Waals surface area (Å²) in [4.78, 5) is 19.7. The van der Waals surface area contributed by atoms with E-state index >= 15 is 0 Å². The largest absolute Gasteiger partial charge is 0.487 e. The summed E-state index contributed by atoms with van der Waals surface area (Å²) in [6, 6.07) is 24.1. The zero-order valence-electron chi connectivity index (χ0n) is 21.0. The van der Waals surface area contributed by atoms with Crippen molar-refractivity contribution in [1.82, 2.24) is 15.2 Å². The molecule has 0 aliphatic rings. The summed E-state index contributed by atoms with van der Waals surface area (Å²) < 4.78 is 5.85. The van der Waals surface area contributed by atoms with Crippen molar-refractivity contribution in [2.24, 2.45) is 0 Å². The number of benzene rings is 2. The van der Waals surface area contributed by atoms with E-state index in [4.69, 9.17) is 4.74 Å². The van der Waals surface area contributed by atoms with Crippen LogP contribution >= 0.6 is 0 Å². The Bertz CT molecular complexity index is 1020. The number of likely N-dealkylation sites (N-methyl/N-ethyl adjacent to an activating group) is 1. The molecule has 1 heterocycles. The summed E-state index contributed by atoms with van der Waals surface area (Å²) >= 11 is 0. The SMILES string of the molecule is CC(C)N(C)C(Cc1ccc(OCc2ccccn2)cc1)C(=O)NCC(C)(C)c1ccccc1. The lowest BCUT2D eigenvalue weighted by Crippen LogP contribution is -2.51. The smallest absolute Gasteiger partial charge is 0.237 e. The summed E-state index contributed by atoms with van der Waals surface area (Å²) in [7, 11) is 2.02. The Morgan fingerprint density at radius 3 is 2.29 bits per heavy atom. The van der Waals surface area contributed by atoms with Crippen molar-refractivity contribution in [3.63, 3.8) is 0 Å². The molecule has 1 atom stereocenters. The fourth-order valence-electron chi connectivity index (χ4n) is 3.78. The molecule has 0 bridgehead atoms. The average Bonchev–Trinajstić information content (AvgIpc) is 2.86. The van der Waals surface area contributed by atoms with Gasteiger partial charge < -0.3 is 10.1 Å². The van der Waals surface area contributed by atoms with E-state index < -0.39 is 0 Å². The molecule has 3 rings (SSSR count).